The van der Waals surface area contributed by atoms with Crippen LogP contribution in [0.5, 0.6) is 5.75 Å². The number of nitrogens with one attached hydrogen (secondary N) is 1. The number of nitrogens with zero attached hydrogens (tertiary/aromatic N) is 1. The molecular weight excluding hydrogens is 304 g/mol. The van der Waals surface area contributed by atoms with Crippen LogP contribution < -0.4 is 10.4 Å². The van der Waals surface area contributed by atoms with Gasteiger partial charge in [-0.1, -0.05) is 24.3 Å². The number of nitro benzene ring substituents is 1. The van der Waals surface area contributed by atoms with E-state index < -0.39 is 22.5 Å². The summed E-state index contributed by atoms with van der Waals surface area (Å²) in [5, 5.41) is 33.2. The lowest BCUT2D eigenvalue weighted by Gasteiger charge is -2.12. The molecule has 2 rings (SSSR count). The van der Waals surface area contributed by atoms with E-state index in [0.717, 1.165) is 12.1 Å². The first-order valence-corrected chi connectivity index (χ1v) is 6.44. The first kappa shape index (κ1) is 16.0. The van der Waals surface area contributed by atoms with E-state index in [1.54, 1.807) is 0 Å². The van der Waals surface area contributed by atoms with Crippen LogP contribution in [0.25, 0.3) is 0 Å². The number of carboxylic acids is 1. The zero-order valence-corrected chi connectivity index (χ0v) is 11.7. The number of hydrogen-bond donors (Lipinski definition) is 2. The summed E-state index contributed by atoms with van der Waals surface area (Å²) in [6.45, 7) is 0. The quantitative estimate of drug-likeness (QED) is 0.635. The fourth-order valence-electron chi connectivity index (χ4n) is 1.92. The third-order valence-electron chi connectivity index (χ3n) is 3.01. The maximum Gasteiger partial charge on any atom is 0.337 e. The number of carboxylic acid groups (broad SMARTS) is 1. The Kier molecular flexibility index (Phi) is 4.55. The van der Waals surface area contributed by atoms with Gasteiger partial charge in [0.1, 0.15) is 0 Å². The van der Waals surface area contributed by atoms with E-state index in [4.69, 9.17) is 5.11 Å². The van der Waals surface area contributed by atoms with Gasteiger partial charge < -0.3 is 15.5 Å². The summed E-state index contributed by atoms with van der Waals surface area (Å²) in [6.07, 6.45) is -0.0871. The van der Waals surface area contributed by atoms with E-state index in [1.165, 1.54) is 30.3 Å². The lowest BCUT2D eigenvalue weighted by Crippen LogP contribution is -2.17. The van der Waals surface area contributed by atoms with E-state index in [2.05, 4.69) is 5.32 Å². The van der Waals surface area contributed by atoms with Crippen molar-refractivity contribution in [2.24, 2.45) is 0 Å². The molecule has 0 aliphatic rings. The Hall–Kier alpha value is -3.42. The number of rotatable bonds is 5. The van der Waals surface area contributed by atoms with Gasteiger partial charge in [0, 0.05) is 12.1 Å². The molecule has 0 radical (unpaired) electrons. The smallest absolute Gasteiger partial charge is 0.337 e. The molecule has 1 amide bonds. The van der Waals surface area contributed by atoms with Crippen LogP contribution in [0.15, 0.2) is 42.5 Å². The van der Waals surface area contributed by atoms with Crippen LogP contribution in [0, 0.1) is 10.1 Å². The minimum absolute atomic E-state index is 0.0176. The maximum absolute atomic E-state index is 11.9. The molecule has 2 aromatic rings. The largest absolute Gasteiger partial charge is 0.872 e. The van der Waals surface area contributed by atoms with Gasteiger partial charge in [-0.15, -0.1) is 5.75 Å². The summed E-state index contributed by atoms with van der Waals surface area (Å²) in [5.41, 5.74) is 0.164. The summed E-state index contributed by atoms with van der Waals surface area (Å²) in [4.78, 5) is 33.0. The summed E-state index contributed by atoms with van der Waals surface area (Å²) in [6, 6.07) is 8.72. The van der Waals surface area contributed by atoms with Gasteiger partial charge in [0.05, 0.1) is 22.6 Å². The van der Waals surface area contributed by atoms with Gasteiger partial charge in [-0.05, 0) is 11.6 Å². The molecule has 8 nitrogen and oxygen atoms in total. The van der Waals surface area contributed by atoms with Crippen molar-refractivity contribution >= 4 is 23.3 Å². The molecule has 0 fully saturated rings. The van der Waals surface area contributed by atoms with Crippen molar-refractivity contribution in [3.8, 4) is 5.75 Å². The third-order valence-corrected chi connectivity index (χ3v) is 3.01. The number of carbonyl (C=O) groups is 2. The molecule has 0 bridgehead atoms. The molecule has 0 spiro atoms. The predicted molar refractivity (Wildman–Crippen MR) is 78.3 cm³/mol. The minimum atomic E-state index is -1.33. The van der Waals surface area contributed by atoms with Gasteiger partial charge in [-0.2, -0.15) is 0 Å². The Morgan fingerprint density at radius 3 is 2.35 bits per heavy atom. The van der Waals surface area contributed by atoms with Crippen molar-refractivity contribution < 1.29 is 24.7 Å². The van der Waals surface area contributed by atoms with E-state index in [1.807, 2.05) is 0 Å². The number of anilines is 1. The number of hydrogen-bond acceptors (Lipinski definition) is 5. The summed E-state index contributed by atoms with van der Waals surface area (Å²) < 4.78 is 0. The third kappa shape index (κ3) is 4.03. The van der Waals surface area contributed by atoms with Crippen LogP contribution in [-0.4, -0.2) is 21.9 Å². The summed E-state index contributed by atoms with van der Waals surface area (Å²) >= 11 is 0. The van der Waals surface area contributed by atoms with Crippen LogP contribution in [0.3, 0.4) is 0 Å². The highest BCUT2D eigenvalue weighted by molar-refractivity contribution is 6.01. The van der Waals surface area contributed by atoms with Crippen molar-refractivity contribution in [1.82, 2.24) is 0 Å². The van der Waals surface area contributed by atoms with E-state index in [-0.39, 0.29) is 23.4 Å². The number of carbonyl (C=O) groups excluding carboxylic acids is 1. The second-order valence-corrected chi connectivity index (χ2v) is 4.66. The summed E-state index contributed by atoms with van der Waals surface area (Å²) in [7, 11) is 0. The number of non-ortho nitro benzene ring substituents is 1. The van der Waals surface area contributed by atoms with Gasteiger partial charge in [-0.3, -0.25) is 14.9 Å². The molecule has 0 heterocycles. The zero-order valence-electron chi connectivity index (χ0n) is 11.7. The van der Waals surface area contributed by atoms with E-state index >= 15 is 0 Å². The first-order valence-electron chi connectivity index (χ1n) is 6.44. The number of benzene rings is 2. The van der Waals surface area contributed by atoms with Gasteiger partial charge in [0.25, 0.3) is 5.69 Å². The van der Waals surface area contributed by atoms with Crippen molar-refractivity contribution in [3.63, 3.8) is 0 Å². The normalized spacial score (nSPS) is 10.1. The Morgan fingerprint density at radius 2 is 1.78 bits per heavy atom. The SMILES string of the molecule is O=C(Cc1ccc([N+](=O)[O-])cc1)Nc1ccc([O-])cc1C(=O)O. The average molecular weight is 315 g/mol. The molecule has 8 heteroatoms. The van der Waals surface area contributed by atoms with Gasteiger partial charge in [0.2, 0.25) is 5.91 Å². The highest BCUT2D eigenvalue weighted by Gasteiger charge is 2.13. The molecule has 0 saturated heterocycles. The lowest BCUT2D eigenvalue weighted by atomic mass is 10.1. The maximum atomic E-state index is 11.9. The number of aromatic carboxylic acids is 1. The van der Waals surface area contributed by atoms with E-state index in [9.17, 15) is 24.8 Å². The van der Waals surface area contributed by atoms with Crippen LogP contribution in [0.1, 0.15) is 15.9 Å². The van der Waals surface area contributed by atoms with Crippen molar-refractivity contribution in [3.05, 3.63) is 63.7 Å². The highest BCUT2D eigenvalue weighted by atomic mass is 16.6. The van der Waals surface area contributed by atoms with Crippen LogP contribution in [0.4, 0.5) is 11.4 Å². The molecule has 118 valence electrons. The van der Waals surface area contributed by atoms with Gasteiger partial charge >= 0.3 is 5.97 Å². The number of nitro groups is 1. The minimum Gasteiger partial charge on any atom is -0.872 e. The van der Waals surface area contributed by atoms with E-state index in [0.29, 0.717) is 5.56 Å². The molecule has 0 saturated carbocycles. The topological polar surface area (TPSA) is 133 Å². The zero-order chi connectivity index (χ0) is 17.0. The Bertz CT molecular complexity index is 770. The number of amides is 1. The Morgan fingerprint density at radius 1 is 1.13 bits per heavy atom. The van der Waals surface area contributed by atoms with Gasteiger partial charge in [-0.25, -0.2) is 4.79 Å². The van der Waals surface area contributed by atoms with Crippen LogP contribution in [-0.2, 0) is 11.2 Å². The Balaban J connectivity index is 2.11. The second-order valence-electron chi connectivity index (χ2n) is 4.66. The average Bonchev–Trinajstić information content (AvgIpc) is 2.49. The second kappa shape index (κ2) is 6.56. The van der Waals surface area contributed by atoms with Gasteiger partial charge in [0.15, 0.2) is 0 Å². The molecule has 0 aromatic heterocycles. The Labute approximate surface area is 130 Å². The molecule has 23 heavy (non-hydrogen) atoms. The first-order chi connectivity index (χ1) is 10.9. The van der Waals surface area contributed by atoms with Crippen LogP contribution in [0.2, 0.25) is 0 Å². The fourth-order valence-corrected chi connectivity index (χ4v) is 1.92. The predicted octanol–water partition coefficient (Wildman–Crippen LogP) is 1.55. The molecule has 0 atom stereocenters. The van der Waals surface area contributed by atoms with Crippen molar-refractivity contribution in [2.45, 2.75) is 6.42 Å². The summed E-state index contributed by atoms with van der Waals surface area (Å²) in [5.74, 6) is -2.30. The monoisotopic (exact) mass is 315 g/mol. The molecule has 0 aliphatic heterocycles. The highest BCUT2D eigenvalue weighted by Crippen LogP contribution is 2.20. The fraction of sp³-hybridized carbons (Fsp3) is 0.0667. The molecule has 2 N–H and O–H groups in total. The lowest BCUT2D eigenvalue weighted by molar-refractivity contribution is -0.384. The standard InChI is InChI=1S/C15H12N2O6/c18-11-5-6-13(12(8-11)15(20)21)16-14(19)7-9-1-3-10(4-2-9)17(22)23/h1-6,8,18H,7H2,(H,16,19)(H,20,21)/p-1. The molecule has 0 aliphatic carbocycles. The molecule has 0 unspecified atom stereocenters. The van der Waals surface area contributed by atoms with Crippen LogP contribution >= 0.6 is 0 Å². The van der Waals surface area contributed by atoms with Crippen molar-refractivity contribution in [1.29, 1.82) is 0 Å². The molecular formula is C15H11N2O6-. The van der Waals surface area contributed by atoms with Crippen molar-refractivity contribution in [2.75, 3.05) is 5.32 Å². The molecule has 2 aromatic carbocycles.